The lowest BCUT2D eigenvalue weighted by atomic mass is 9.97. The van der Waals surface area contributed by atoms with Crippen LogP contribution in [0.1, 0.15) is 47.0 Å². The highest BCUT2D eigenvalue weighted by molar-refractivity contribution is 5.78. The maximum atomic E-state index is 11.5. The van der Waals surface area contributed by atoms with Crippen LogP contribution in [-0.4, -0.2) is 28.1 Å². The SMILES string of the molecule is CC(C)(N)CCC(=O)NC(C)(C)CC(=O)O. The summed E-state index contributed by atoms with van der Waals surface area (Å²) in [6.07, 6.45) is 0.791. The zero-order chi connectivity index (χ0) is 13.0. The first-order chi connectivity index (χ1) is 7.02. The second-order valence-electron chi connectivity index (χ2n) is 5.49. The van der Waals surface area contributed by atoms with E-state index in [2.05, 4.69) is 5.32 Å². The van der Waals surface area contributed by atoms with E-state index in [4.69, 9.17) is 10.8 Å². The van der Waals surface area contributed by atoms with Crippen LogP contribution in [0.5, 0.6) is 0 Å². The Balaban J connectivity index is 4.09. The van der Waals surface area contributed by atoms with Gasteiger partial charge in [-0.3, -0.25) is 9.59 Å². The van der Waals surface area contributed by atoms with E-state index in [1.165, 1.54) is 0 Å². The lowest BCUT2D eigenvalue weighted by Crippen LogP contribution is -2.45. The highest BCUT2D eigenvalue weighted by atomic mass is 16.4. The first-order valence-corrected chi connectivity index (χ1v) is 5.33. The van der Waals surface area contributed by atoms with Crippen molar-refractivity contribution in [3.8, 4) is 0 Å². The number of carboxylic acid groups (broad SMARTS) is 1. The van der Waals surface area contributed by atoms with Gasteiger partial charge in [-0.05, 0) is 34.1 Å². The van der Waals surface area contributed by atoms with Gasteiger partial charge in [0, 0.05) is 17.5 Å². The Labute approximate surface area is 96.4 Å². The number of amides is 1. The third-order valence-corrected chi connectivity index (χ3v) is 2.07. The van der Waals surface area contributed by atoms with Gasteiger partial charge in [0.15, 0.2) is 0 Å². The molecule has 0 rings (SSSR count). The number of carboxylic acids is 1. The van der Waals surface area contributed by atoms with Crippen LogP contribution in [0.25, 0.3) is 0 Å². The average molecular weight is 230 g/mol. The minimum absolute atomic E-state index is 0.0925. The molecule has 0 aliphatic carbocycles. The Morgan fingerprint density at radius 2 is 1.75 bits per heavy atom. The normalized spacial score (nSPS) is 12.3. The molecule has 0 saturated carbocycles. The number of rotatable bonds is 6. The monoisotopic (exact) mass is 230 g/mol. The number of aliphatic carboxylic acids is 1. The second-order valence-corrected chi connectivity index (χ2v) is 5.49. The number of hydrogen-bond donors (Lipinski definition) is 3. The van der Waals surface area contributed by atoms with Gasteiger partial charge in [-0.2, -0.15) is 0 Å². The summed E-state index contributed by atoms with van der Waals surface area (Å²) in [5.74, 6) is -1.09. The van der Waals surface area contributed by atoms with Crippen molar-refractivity contribution in [2.24, 2.45) is 5.73 Å². The molecular formula is C11H22N2O3. The quantitative estimate of drug-likeness (QED) is 0.631. The molecule has 1 amide bonds. The molecule has 0 aromatic heterocycles. The van der Waals surface area contributed by atoms with E-state index in [1.807, 2.05) is 13.8 Å². The third kappa shape index (κ3) is 8.23. The summed E-state index contributed by atoms with van der Waals surface area (Å²) in [5.41, 5.74) is 4.65. The van der Waals surface area contributed by atoms with E-state index < -0.39 is 11.5 Å². The summed E-state index contributed by atoms with van der Waals surface area (Å²) >= 11 is 0. The molecule has 0 atom stereocenters. The molecule has 0 aromatic rings. The smallest absolute Gasteiger partial charge is 0.305 e. The van der Waals surface area contributed by atoms with Crippen LogP contribution in [0.4, 0.5) is 0 Å². The Morgan fingerprint density at radius 3 is 2.12 bits per heavy atom. The molecule has 16 heavy (non-hydrogen) atoms. The zero-order valence-electron chi connectivity index (χ0n) is 10.5. The predicted octanol–water partition coefficient (Wildman–Crippen LogP) is 0.873. The van der Waals surface area contributed by atoms with Gasteiger partial charge in [-0.25, -0.2) is 0 Å². The Kier molecular flexibility index (Phi) is 4.93. The first-order valence-electron chi connectivity index (χ1n) is 5.33. The van der Waals surface area contributed by atoms with Crippen LogP contribution in [0.15, 0.2) is 0 Å². The summed E-state index contributed by atoms with van der Waals surface area (Å²) in [4.78, 5) is 22.1. The molecule has 0 heterocycles. The summed E-state index contributed by atoms with van der Waals surface area (Å²) in [7, 11) is 0. The number of nitrogens with one attached hydrogen (secondary N) is 1. The van der Waals surface area contributed by atoms with Gasteiger partial charge < -0.3 is 16.2 Å². The molecule has 0 aromatic carbocycles. The van der Waals surface area contributed by atoms with Crippen LogP contribution in [0, 0.1) is 0 Å². The van der Waals surface area contributed by atoms with Crippen molar-refractivity contribution >= 4 is 11.9 Å². The molecule has 5 heteroatoms. The fraction of sp³-hybridized carbons (Fsp3) is 0.818. The summed E-state index contributed by atoms with van der Waals surface area (Å²) in [5, 5.41) is 11.3. The van der Waals surface area contributed by atoms with Gasteiger partial charge in [0.05, 0.1) is 6.42 Å². The second kappa shape index (κ2) is 5.30. The molecule has 0 saturated heterocycles. The van der Waals surface area contributed by atoms with Gasteiger partial charge in [0.2, 0.25) is 5.91 Å². The lowest BCUT2D eigenvalue weighted by molar-refractivity contribution is -0.138. The number of carbonyl (C=O) groups excluding carboxylic acids is 1. The summed E-state index contributed by atoms with van der Waals surface area (Å²) in [6.45, 7) is 7.07. The van der Waals surface area contributed by atoms with Crippen LogP contribution >= 0.6 is 0 Å². The fourth-order valence-electron chi connectivity index (χ4n) is 1.30. The molecule has 0 fully saturated rings. The highest BCUT2D eigenvalue weighted by Crippen LogP contribution is 2.11. The number of hydrogen-bond acceptors (Lipinski definition) is 3. The summed E-state index contributed by atoms with van der Waals surface area (Å²) < 4.78 is 0. The van der Waals surface area contributed by atoms with Gasteiger partial charge in [-0.15, -0.1) is 0 Å². The van der Waals surface area contributed by atoms with E-state index in [1.54, 1.807) is 13.8 Å². The maximum Gasteiger partial charge on any atom is 0.305 e. The average Bonchev–Trinajstić information content (AvgIpc) is 1.95. The third-order valence-electron chi connectivity index (χ3n) is 2.07. The predicted molar refractivity (Wildman–Crippen MR) is 62.0 cm³/mol. The minimum Gasteiger partial charge on any atom is -0.481 e. The van der Waals surface area contributed by atoms with E-state index in [0.717, 1.165) is 0 Å². The van der Waals surface area contributed by atoms with Crippen molar-refractivity contribution in [1.29, 1.82) is 0 Å². The molecule has 0 aliphatic rings. The van der Waals surface area contributed by atoms with Crippen LogP contribution in [-0.2, 0) is 9.59 Å². The van der Waals surface area contributed by atoms with E-state index >= 15 is 0 Å². The van der Waals surface area contributed by atoms with E-state index in [0.29, 0.717) is 12.8 Å². The van der Waals surface area contributed by atoms with Gasteiger partial charge in [0.25, 0.3) is 0 Å². The molecule has 5 nitrogen and oxygen atoms in total. The molecule has 0 aliphatic heterocycles. The van der Waals surface area contributed by atoms with Crippen molar-refractivity contribution in [1.82, 2.24) is 5.32 Å². The van der Waals surface area contributed by atoms with Crippen LogP contribution in [0.3, 0.4) is 0 Å². The topological polar surface area (TPSA) is 92.4 Å². The fourth-order valence-corrected chi connectivity index (χ4v) is 1.30. The number of nitrogens with two attached hydrogens (primary N) is 1. The Morgan fingerprint density at radius 1 is 1.25 bits per heavy atom. The van der Waals surface area contributed by atoms with Crippen molar-refractivity contribution in [3.05, 3.63) is 0 Å². The van der Waals surface area contributed by atoms with Crippen molar-refractivity contribution in [2.75, 3.05) is 0 Å². The number of carbonyl (C=O) groups is 2. The standard InChI is InChI=1S/C11H22N2O3/c1-10(2,12)6-5-8(14)13-11(3,4)7-9(15)16/h5-7,12H2,1-4H3,(H,13,14)(H,15,16). The van der Waals surface area contributed by atoms with E-state index in [9.17, 15) is 9.59 Å². The first kappa shape index (κ1) is 14.9. The van der Waals surface area contributed by atoms with Gasteiger partial charge in [-0.1, -0.05) is 0 Å². The lowest BCUT2D eigenvalue weighted by Gasteiger charge is -2.25. The highest BCUT2D eigenvalue weighted by Gasteiger charge is 2.24. The molecule has 94 valence electrons. The minimum atomic E-state index is -0.926. The summed E-state index contributed by atoms with van der Waals surface area (Å²) in [6, 6.07) is 0. The molecule has 0 unspecified atom stereocenters. The largest absolute Gasteiger partial charge is 0.481 e. The Hall–Kier alpha value is -1.10. The van der Waals surface area contributed by atoms with Crippen molar-refractivity contribution in [3.63, 3.8) is 0 Å². The molecule has 0 bridgehead atoms. The molecule has 0 spiro atoms. The Bertz CT molecular complexity index is 267. The molecular weight excluding hydrogens is 208 g/mol. The van der Waals surface area contributed by atoms with Gasteiger partial charge in [0.1, 0.15) is 0 Å². The zero-order valence-corrected chi connectivity index (χ0v) is 10.5. The van der Waals surface area contributed by atoms with Gasteiger partial charge >= 0.3 is 5.97 Å². The van der Waals surface area contributed by atoms with Crippen LogP contribution in [0.2, 0.25) is 0 Å². The van der Waals surface area contributed by atoms with Crippen LogP contribution < -0.4 is 11.1 Å². The van der Waals surface area contributed by atoms with E-state index in [-0.39, 0.29) is 17.9 Å². The van der Waals surface area contributed by atoms with Crippen molar-refractivity contribution in [2.45, 2.75) is 58.0 Å². The molecule has 4 N–H and O–H groups in total. The maximum absolute atomic E-state index is 11.5. The van der Waals surface area contributed by atoms with Crippen molar-refractivity contribution < 1.29 is 14.7 Å². The molecule has 0 radical (unpaired) electrons.